The van der Waals surface area contributed by atoms with Gasteiger partial charge < -0.3 is 5.11 Å². The Balaban J connectivity index is 1.95. The standard InChI is InChI=1S/C22H17F3N2O/c1-11-2-3-14(17-8-22(25,10-27)21(28)19(11)17)15-4-5-18(24)16-7-13(23)6-12(9-26)20(15)16/h2-3,6-7,15,18,21,28H,4-5,8H2,1H3/t15-,18+,21+,22+/m1/s1. The fraction of sp³-hybridized carbons (Fsp3) is 0.364. The number of hydrogen-bond donors (Lipinski definition) is 1. The molecule has 2 aromatic carbocycles. The molecule has 1 N–H and O–H groups in total. The smallest absolute Gasteiger partial charge is 0.229 e. The zero-order valence-corrected chi connectivity index (χ0v) is 15.1. The summed E-state index contributed by atoms with van der Waals surface area (Å²) in [6.45, 7) is 1.73. The molecule has 28 heavy (non-hydrogen) atoms. The highest BCUT2D eigenvalue weighted by Gasteiger charge is 2.49. The van der Waals surface area contributed by atoms with Crippen molar-refractivity contribution < 1.29 is 18.3 Å². The molecule has 142 valence electrons. The summed E-state index contributed by atoms with van der Waals surface area (Å²) in [5, 5.41) is 29.2. The lowest BCUT2D eigenvalue weighted by Gasteiger charge is -2.31. The van der Waals surface area contributed by atoms with Crippen molar-refractivity contribution in [2.45, 2.75) is 50.0 Å². The molecule has 0 saturated carbocycles. The fourth-order valence-corrected chi connectivity index (χ4v) is 4.69. The van der Waals surface area contributed by atoms with Gasteiger partial charge in [-0.1, -0.05) is 12.1 Å². The minimum atomic E-state index is -2.43. The van der Waals surface area contributed by atoms with Crippen LogP contribution in [-0.2, 0) is 6.42 Å². The lowest BCUT2D eigenvalue weighted by molar-refractivity contribution is 0.0445. The topological polar surface area (TPSA) is 67.8 Å². The van der Waals surface area contributed by atoms with Gasteiger partial charge in [0.05, 0.1) is 11.6 Å². The van der Waals surface area contributed by atoms with Crippen molar-refractivity contribution >= 4 is 0 Å². The summed E-state index contributed by atoms with van der Waals surface area (Å²) in [5.41, 5.74) is 0.422. The number of aryl methyl sites for hydroxylation is 1. The van der Waals surface area contributed by atoms with Crippen molar-refractivity contribution in [1.82, 2.24) is 0 Å². The third-order valence-corrected chi connectivity index (χ3v) is 6.01. The Morgan fingerprint density at radius 1 is 1.14 bits per heavy atom. The van der Waals surface area contributed by atoms with Crippen LogP contribution in [0.15, 0.2) is 24.3 Å². The van der Waals surface area contributed by atoms with Gasteiger partial charge in [-0.3, -0.25) is 0 Å². The Bertz CT molecular complexity index is 1070. The van der Waals surface area contributed by atoms with Gasteiger partial charge in [-0.2, -0.15) is 10.5 Å². The summed E-state index contributed by atoms with van der Waals surface area (Å²) in [4.78, 5) is 0. The molecule has 0 fully saturated rings. The molecule has 0 radical (unpaired) electrons. The number of hydrogen-bond acceptors (Lipinski definition) is 3. The van der Waals surface area contributed by atoms with Crippen LogP contribution in [0.1, 0.15) is 70.0 Å². The van der Waals surface area contributed by atoms with Gasteiger partial charge in [0.2, 0.25) is 5.67 Å². The number of halogens is 3. The van der Waals surface area contributed by atoms with Gasteiger partial charge in [-0.15, -0.1) is 0 Å². The molecule has 0 aromatic heterocycles. The van der Waals surface area contributed by atoms with Gasteiger partial charge in [0.15, 0.2) is 0 Å². The first kappa shape index (κ1) is 18.5. The Labute approximate surface area is 160 Å². The first-order chi connectivity index (χ1) is 13.3. The summed E-state index contributed by atoms with van der Waals surface area (Å²) in [6.07, 6.45) is -2.70. The third-order valence-electron chi connectivity index (χ3n) is 6.01. The molecule has 4 atom stereocenters. The number of fused-ring (bicyclic) bond motifs is 2. The van der Waals surface area contributed by atoms with Crippen LogP contribution in [0.25, 0.3) is 0 Å². The summed E-state index contributed by atoms with van der Waals surface area (Å²) in [6, 6.07) is 9.24. The maximum Gasteiger partial charge on any atom is 0.229 e. The van der Waals surface area contributed by atoms with Crippen molar-refractivity contribution in [2.75, 3.05) is 0 Å². The van der Waals surface area contributed by atoms with E-state index < -0.39 is 29.7 Å². The SMILES string of the molecule is Cc1ccc([C@H]2CC[C@H](F)c3cc(F)cc(C#N)c32)c2c1[C@H](O)[C@@](F)(C#N)C2. The van der Waals surface area contributed by atoms with E-state index in [1.165, 1.54) is 0 Å². The predicted molar refractivity (Wildman–Crippen MR) is 95.3 cm³/mol. The molecule has 0 heterocycles. The Kier molecular flexibility index (Phi) is 4.21. The average Bonchev–Trinajstić information content (AvgIpc) is 2.95. The number of rotatable bonds is 1. The average molecular weight is 382 g/mol. The Morgan fingerprint density at radius 3 is 2.57 bits per heavy atom. The highest BCUT2D eigenvalue weighted by Crippen LogP contribution is 2.50. The normalized spacial score (nSPS) is 28.2. The van der Waals surface area contributed by atoms with Crippen LogP contribution >= 0.6 is 0 Å². The van der Waals surface area contributed by atoms with Crippen molar-refractivity contribution in [1.29, 1.82) is 10.5 Å². The van der Waals surface area contributed by atoms with Crippen LogP contribution in [-0.4, -0.2) is 10.8 Å². The number of nitrogens with zero attached hydrogens (tertiary/aromatic N) is 2. The Morgan fingerprint density at radius 2 is 1.89 bits per heavy atom. The van der Waals surface area contributed by atoms with Gasteiger partial charge in [0.25, 0.3) is 0 Å². The predicted octanol–water partition coefficient (Wildman–Crippen LogP) is 4.76. The summed E-state index contributed by atoms with van der Waals surface area (Å²) in [7, 11) is 0. The highest BCUT2D eigenvalue weighted by molar-refractivity contribution is 5.57. The third kappa shape index (κ3) is 2.52. The number of alkyl halides is 2. The van der Waals surface area contributed by atoms with E-state index in [9.17, 15) is 28.8 Å². The van der Waals surface area contributed by atoms with Crippen molar-refractivity contribution in [3.8, 4) is 12.1 Å². The van der Waals surface area contributed by atoms with E-state index in [-0.39, 0.29) is 24.0 Å². The number of nitriles is 2. The molecule has 2 aliphatic carbocycles. The second-order valence-corrected chi connectivity index (χ2v) is 7.58. The number of benzene rings is 2. The van der Waals surface area contributed by atoms with Crippen LogP contribution in [0.3, 0.4) is 0 Å². The zero-order valence-electron chi connectivity index (χ0n) is 15.1. The van der Waals surface area contributed by atoms with Crippen molar-refractivity contribution in [3.63, 3.8) is 0 Å². The van der Waals surface area contributed by atoms with E-state index in [2.05, 4.69) is 0 Å². The maximum absolute atomic E-state index is 14.9. The summed E-state index contributed by atoms with van der Waals surface area (Å²) < 4.78 is 43.3. The molecule has 0 saturated heterocycles. The molecular formula is C22H17F3N2O. The van der Waals surface area contributed by atoms with E-state index in [0.717, 1.165) is 12.1 Å². The fourth-order valence-electron chi connectivity index (χ4n) is 4.69. The monoisotopic (exact) mass is 382 g/mol. The van der Waals surface area contributed by atoms with E-state index in [1.54, 1.807) is 25.1 Å². The van der Waals surface area contributed by atoms with Crippen molar-refractivity contribution in [2.24, 2.45) is 0 Å². The van der Waals surface area contributed by atoms with Gasteiger partial charge in [0, 0.05) is 12.3 Å². The highest BCUT2D eigenvalue weighted by atomic mass is 19.1. The van der Waals surface area contributed by atoms with Crippen LogP contribution in [0.5, 0.6) is 0 Å². The van der Waals surface area contributed by atoms with Crippen molar-refractivity contribution in [3.05, 3.63) is 69.0 Å². The molecule has 0 amide bonds. The molecule has 0 unspecified atom stereocenters. The lowest BCUT2D eigenvalue weighted by Crippen LogP contribution is -2.26. The molecule has 3 nitrogen and oxygen atoms in total. The van der Waals surface area contributed by atoms with Crippen LogP contribution in [0, 0.1) is 35.4 Å². The molecule has 6 heteroatoms. The number of aliphatic hydroxyl groups is 1. The second-order valence-electron chi connectivity index (χ2n) is 7.58. The quantitative estimate of drug-likeness (QED) is 0.773. The molecule has 0 bridgehead atoms. The van der Waals surface area contributed by atoms with Crippen LogP contribution in [0.4, 0.5) is 13.2 Å². The zero-order chi connectivity index (χ0) is 20.2. The minimum Gasteiger partial charge on any atom is -0.384 e. The summed E-state index contributed by atoms with van der Waals surface area (Å²) >= 11 is 0. The van der Waals surface area contributed by atoms with Gasteiger partial charge >= 0.3 is 0 Å². The second kappa shape index (κ2) is 6.36. The van der Waals surface area contributed by atoms with E-state index in [0.29, 0.717) is 34.2 Å². The van der Waals surface area contributed by atoms with Gasteiger partial charge in [-0.05, 0) is 65.3 Å². The van der Waals surface area contributed by atoms with E-state index in [4.69, 9.17) is 0 Å². The van der Waals surface area contributed by atoms with E-state index >= 15 is 0 Å². The molecule has 2 aliphatic rings. The first-order valence-corrected chi connectivity index (χ1v) is 9.08. The Hall–Kier alpha value is -2.83. The van der Waals surface area contributed by atoms with Crippen LogP contribution < -0.4 is 0 Å². The van der Waals surface area contributed by atoms with Crippen LogP contribution in [0.2, 0.25) is 0 Å². The largest absolute Gasteiger partial charge is 0.384 e. The maximum atomic E-state index is 14.9. The number of aliphatic hydroxyl groups excluding tert-OH is 1. The van der Waals surface area contributed by atoms with Gasteiger partial charge in [0.1, 0.15) is 24.2 Å². The first-order valence-electron chi connectivity index (χ1n) is 9.08. The molecule has 2 aromatic rings. The molecule has 0 spiro atoms. The summed E-state index contributed by atoms with van der Waals surface area (Å²) in [5.74, 6) is -1.10. The lowest BCUT2D eigenvalue weighted by atomic mass is 9.74. The van der Waals surface area contributed by atoms with Gasteiger partial charge in [-0.25, -0.2) is 13.2 Å². The van der Waals surface area contributed by atoms with E-state index in [1.807, 2.05) is 6.07 Å². The molecular weight excluding hydrogens is 365 g/mol. The minimum absolute atomic E-state index is 0.0574. The molecule has 0 aliphatic heterocycles. The molecule has 4 rings (SSSR count).